The number of methoxy groups -OCH3 is 1. The van der Waals surface area contributed by atoms with Gasteiger partial charge in [-0.3, -0.25) is 0 Å². The van der Waals surface area contributed by atoms with Gasteiger partial charge in [0.15, 0.2) is 6.79 Å². The van der Waals surface area contributed by atoms with E-state index in [2.05, 4.69) is 4.98 Å². The van der Waals surface area contributed by atoms with Crippen LogP contribution in [0.25, 0.3) is 20.8 Å². The molecule has 0 unspecified atom stereocenters. The Morgan fingerprint density at radius 1 is 1.00 bits per heavy atom. The normalized spacial score (nSPS) is 9.54. The Labute approximate surface area is 148 Å². The molecule has 24 heavy (non-hydrogen) atoms. The quantitative estimate of drug-likeness (QED) is 0.495. The van der Waals surface area contributed by atoms with Crippen molar-refractivity contribution < 1.29 is 9.47 Å². The third kappa shape index (κ3) is 5.22. The molecule has 130 valence electrons. The number of rotatable bonds is 4. The summed E-state index contributed by atoms with van der Waals surface area (Å²) in [7, 11) is 1.60. The fraction of sp³-hybridized carbons (Fsp3) is 0.316. The number of aromatic nitrogens is 1. The highest BCUT2D eigenvalue weighted by molar-refractivity contribution is 7.21. The Balaban J connectivity index is 0.000000671. The number of nitrogens with two attached hydrogens (primary N) is 1. The molecule has 2 N–H and O–H groups in total. The average Bonchev–Trinajstić information content (AvgIpc) is 3.07. The fourth-order valence-electron chi connectivity index (χ4n) is 1.87. The summed E-state index contributed by atoms with van der Waals surface area (Å²) in [6.07, 6.45) is 0. The van der Waals surface area contributed by atoms with Crippen molar-refractivity contribution in [1.29, 1.82) is 0 Å². The zero-order valence-corrected chi connectivity index (χ0v) is 15.8. The Morgan fingerprint density at radius 3 is 2.29 bits per heavy atom. The molecule has 0 saturated carbocycles. The molecule has 4 nitrogen and oxygen atoms in total. The molecular formula is C19H26N2O2S. The van der Waals surface area contributed by atoms with E-state index >= 15 is 0 Å². The smallest absolute Gasteiger partial charge is 0.188 e. The Kier molecular flexibility index (Phi) is 8.83. The number of hydrogen-bond donors (Lipinski definition) is 1. The minimum absolute atomic E-state index is 0.245. The van der Waals surface area contributed by atoms with Gasteiger partial charge in [0.05, 0.1) is 10.2 Å². The van der Waals surface area contributed by atoms with Gasteiger partial charge in [-0.2, -0.15) is 0 Å². The largest absolute Gasteiger partial charge is 0.468 e. The molecule has 0 spiro atoms. The highest BCUT2D eigenvalue weighted by atomic mass is 32.1. The molecule has 0 aliphatic carbocycles. The summed E-state index contributed by atoms with van der Waals surface area (Å²) >= 11 is 1.63. The van der Waals surface area contributed by atoms with Gasteiger partial charge in [0, 0.05) is 18.4 Å². The van der Waals surface area contributed by atoms with E-state index in [0.717, 1.165) is 32.2 Å². The first kappa shape index (κ1) is 19.9. The first-order valence-electron chi connectivity index (χ1n) is 8.14. The second kappa shape index (κ2) is 10.6. The van der Waals surface area contributed by atoms with Crippen LogP contribution in [0.15, 0.2) is 42.5 Å². The molecule has 0 saturated heterocycles. The van der Waals surface area contributed by atoms with Gasteiger partial charge < -0.3 is 15.2 Å². The van der Waals surface area contributed by atoms with Crippen LogP contribution in [-0.4, -0.2) is 18.9 Å². The predicted octanol–water partition coefficient (Wildman–Crippen LogP) is 5.58. The van der Waals surface area contributed by atoms with Gasteiger partial charge in [-0.1, -0.05) is 27.7 Å². The zero-order chi connectivity index (χ0) is 17.9. The third-order valence-corrected chi connectivity index (χ3v) is 3.93. The maximum Gasteiger partial charge on any atom is 0.188 e. The van der Waals surface area contributed by atoms with E-state index < -0.39 is 0 Å². The average molecular weight is 346 g/mol. The summed E-state index contributed by atoms with van der Waals surface area (Å²) in [4.78, 5) is 4.62. The van der Waals surface area contributed by atoms with Crippen molar-refractivity contribution in [3.8, 4) is 16.3 Å². The molecular weight excluding hydrogens is 320 g/mol. The summed E-state index contributed by atoms with van der Waals surface area (Å²) in [6, 6.07) is 13.6. The van der Waals surface area contributed by atoms with E-state index in [1.165, 1.54) is 0 Å². The summed E-state index contributed by atoms with van der Waals surface area (Å²) < 4.78 is 11.4. The lowest BCUT2D eigenvalue weighted by molar-refractivity contribution is 0.0512. The number of anilines is 1. The highest BCUT2D eigenvalue weighted by Crippen LogP contribution is 2.32. The molecule has 0 bridgehead atoms. The lowest BCUT2D eigenvalue weighted by Gasteiger charge is -2.03. The topological polar surface area (TPSA) is 57.4 Å². The van der Waals surface area contributed by atoms with Crippen molar-refractivity contribution in [3.05, 3.63) is 42.5 Å². The number of benzene rings is 2. The Bertz CT molecular complexity index is 724. The molecule has 0 aliphatic heterocycles. The van der Waals surface area contributed by atoms with Gasteiger partial charge in [0.2, 0.25) is 0 Å². The molecule has 5 heteroatoms. The van der Waals surface area contributed by atoms with Gasteiger partial charge in [0.25, 0.3) is 0 Å². The van der Waals surface area contributed by atoms with E-state index in [0.29, 0.717) is 0 Å². The second-order valence-electron chi connectivity index (χ2n) is 4.32. The third-order valence-electron chi connectivity index (χ3n) is 2.86. The number of nitrogens with zero attached hydrogens (tertiary/aromatic N) is 1. The monoisotopic (exact) mass is 346 g/mol. The summed E-state index contributed by atoms with van der Waals surface area (Å²) in [5.74, 6) is 0.784. The molecule has 0 aliphatic rings. The van der Waals surface area contributed by atoms with Crippen molar-refractivity contribution >= 4 is 27.2 Å². The number of hydrogen-bond acceptors (Lipinski definition) is 5. The molecule has 2 aromatic carbocycles. The van der Waals surface area contributed by atoms with E-state index in [-0.39, 0.29) is 6.79 Å². The molecule has 0 atom stereocenters. The fourth-order valence-corrected chi connectivity index (χ4v) is 2.87. The Morgan fingerprint density at radius 2 is 1.67 bits per heavy atom. The van der Waals surface area contributed by atoms with Crippen molar-refractivity contribution in [2.24, 2.45) is 0 Å². The van der Waals surface area contributed by atoms with Crippen LogP contribution in [0.4, 0.5) is 5.69 Å². The van der Waals surface area contributed by atoms with Crippen LogP contribution < -0.4 is 10.5 Å². The number of thiazole rings is 1. The van der Waals surface area contributed by atoms with Crippen molar-refractivity contribution in [3.63, 3.8) is 0 Å². The Hall–Kier alpha value is -2.11. The van der Waals surface area contributed by atoms with Crippen molar-refractivity contribution in [2.45, 2.75) is 27.7 Å². The number of nitrogen functional groups attached to an aromatic ring is 1. The van der Waals surface area contributed by atoms with Crippen molar-refractivity contribution in [1.82, 2.24) is 4.98 Å². The lowest BCUT2D eigenvalue weighted by atomic mass is 10.2. The molecule has 1 heterocycles. The molecule has 1 aromatic heterocycles. The van der Waals surface area contributed by atoms with Crippen LogP contribution in [0.2, 0.25) is 0 Å². The second-order valence-corrected chi connectivity index (χ2v) is 5.35. The summed E-state index contributed by atoms with van der Waals surface area (Å²) in [5, 5.41) is 0.976. The van der Waals surface area contributed by atoms with Crippen LogP contribution in [0.1, 0.15) is 27.7 Å². The number of fused-ring (bicyclic) bond motifs is 1. The van der Waals surface area contributed by atoms with E-state index in [1.807, 2.05) is 70.2 Å². The maximum absolute atomic E-state index is 5.70. The predicted molar refractivity (Wildman–Crippen MR) is 105 cm³/mol. The van der Waals surface area contributed by atoms with Gasteiger partial charge in [-0.25, -0.2) is 4.98 Å². The van der Waals surface area contributed by atoms with Crippen LogP contribution in [-0.2, 0) is 4.74 Å². The molecule has 0 amide bonds. The SMILES string of the molecule is CC.CC.COCOc1ccc2nc(-c3ccc(N)cc3)sc2c1. The van der Waals surface area contributed by atoms with E-state index in [9.17, 15) is 0 Å². The lowest BCUT2D eigenvalue weighted by Crippen LogP contribution is -1.98. The van der Waals surface area contributed by atoms with Gasteiger partial charge in [0.1, 0.15) is 10.8 Å². The molecule has 3 aromatic rings. The molecule has 0 radical (unpaired) electrons. The minimum Gasteiger partial charge on any atom is -0.468 e. The first-order chi connectivity index (χ1) is 11.8. The highest BCUT2D eigenvalue weighted by Gasteiger charge is 2.07. The van der Waals surface area contributed by atoms with E-state index in [1.54, 1.807) is 18.4 Å². The van der Waals surface area contributed by atoms with Gasteiger partial charge in [-0.15, -0.1) is 11.3 Å². The van der Waals surface area contributed by atoms with Crippen LogP contribution >= 0.6 is 11.3 Å². The maximum atomic E-state index is 5.70. The number of ether oxygens (including phenoxy) is 2. The van der Waals surface area contributed by atoms with Crippen molar-refractivity contribution in [2.75, 3.05) is 19.6 Å². The minimum atomic E-state index is 0.245. The molecule has 0 fully saturated rings. The van der Waals surface area contributed by atoms with Crippen LogP contribution in [0, 0.1) is 0 Å². The molecule has 3 rings (SSSR count). The zero-order valence-electron chi connectivity index (χ0n) is 15.0. The van der Waals surface area contributed by atoms with Crippen LogP contribution in [0.3, 0.4) is 0 Å². The van der Waals surface area contributed by atoms with Gasteiger partial charge >= 0.3 is 0 Å². The first-order valence-corrected chi connectivity index (χ1v) is 8.96. The van der Waals surface area contributed by atoms with Gasteiger partial charge in [-0.05, 0) is 42.5 Å². The van der Waals surface area contributed by atoms with Crippen LogP contribution in [0.5, 0.6) is 5.75 Å². The summed E-state index contributed by atoms with van der Waals surface area (Å²) in [6.45, 7) is 8.25. The van der Waals surface area contributed by atoms with E-state index in [4.69, 9.17) is 15.2 Å². The standard InChI is InChI=1S/C15H14N2O2S.2C2H6/c1-18-9-19-12-6-7-13-14(8-12)20-15(17-13)10-2-4-11(16)5-3-10;2*1-2/h2-8H,9,16H2,1H3;2*1-2H3. The summed E-state index contributed by atoms with van der Waals surface area (Å²) in [5.41, 5.74) is 8.49.